The maximum absolute atomic E-state index is 12.5. The molecule has 22 heavy (non-hydrogen) atoms. The van der Waals surface area contributed by atoms with E-state index >= 15 is 0 Å². The molecule has 3 nitrogen and oxygen atoms in total. The minimum Gasteiger partial charge on any atom is -0.454 e. The van der Waals surface area contributed by atoms with Crippen LogP contribution in [0.4, 0.5) is 0 Å². The highest BCUT2D eigenvalue weighted by Crippen LogP contribution is 2.30. The molecular weight excluding hydrogens is 276 g/mol. The van der Waals surface area contributed by atoms with Gasteiger partial charge in [-0.2, -0.15) is 0 Å². The molecule has 0 N–H and O–H groups in total. The third kappa shape index (κ3) is 3.14. The van der Waals surface area contributed by atoms with Crippen molar-refractivity contribution >= 4 is 11.8 Å². The molecule has 2 aromatic carbocycles. The van der Waals surface area contributed by atoms with E-state index in [1.807, 2.05) is 48.5 Å². The molecule has 0 aliphatic carbocycles. The number of ether oxygens (including phenoxy) is 1. The molecule has 0 unspecified atom stereocenters. The lowest BCUT2D eigenvalue weighted by atomic mass is 9.87. The van der Waals surface area contributed by atoms with Crippen molar-refractivity contribution in [2.45, 2.75) is 18.4 Å². The van der Waals surface area contributed by atoms with Crippen molar-refractivity contribution in [3.8, 4) is 0 Å². The lowest BCUT2D eigenvalue weighted by Crippen LogP contribution is -2.21. The molecule has 1 aliphatic rings. The van der Waals surface area contributed by atoms with Crippen molar-refractivity contribution < 1.29 is 14.3 Å². The molecule has 110 valence electrons. The summed E-state index contributed by atoms with van der Waals surface area (Å²) in [6.45, 7) is 0. The fraction of sp³-hybridized carbons (Fsp3) is 0.158. The molecule has 0 bridgehead atoms. The summed E-state index contributed by atoms with van der Waals surface area (Å²) >= 11 is 0. The van der Waals surface area contributed by atoms with Crippen LogP contribution in [0.5, 0.6) is 0 Å². The molecule has 2 aromatic rings. The third-order valence-electron chi connectivity index (χ3n) is 3.80. The lowest BCUT2D eigenvalue weighted by molar-refractivity contribution is -0.139. The minimum absolute atomic E-state index is 0.0470. The highest BCUT2D eigenvalue weighted by Gasteiger charge is 2.30. The van der Waals surface area contributed by atoms with Crippen molar-refractivity contribution in [3.63, 3.8) is 0 Å². The van der Waals surface area contributed by atoms with Crippen molar-refractivity contribution in [2.75, 3.05) is 0 Å². The first-order chi connectivity index (χ1) is 10.7. The number of rotatable bonds is 5. The van der Waals surface area contributed by atoms with Crippen LogP contribution in [0.1, 0.15) is 28.3 Å². The second-order valence-corrected chi connectivity index (χ2v) is 5.27. The maximum Gasteiger partial charge on any atom is 0.331 e. The zero-order chi connectivity index (χ0) is 15.4. The van der Waals surface area contributed by atoms with E-state index < -0.39 is 0 Å². The number of Topliss-reactive ketones (excluding diaryl/α,β-unsaturated/α-hetero) is 1. The van der Waals surface area contributed by atoms with Crippen LogP contribution in [0.25, 0.3) is 0 Å². The molecule has 0 saturated heterocycles. The standard InChI is InChI=1S/C19H16O3/c20-17(15-9-5-2-6-10-15)13-16(14-7-3-1-4-8-14)18-11-12-19(21)22-18/h1-12,16,18H,13H2/t16-,18-/m0/s1. The summed E-state index contributed by atoms with van der Waals surface area (Å²) in [5.41, 5.74) is 1.67. The zero-order valence-electron chi connectivity index (χ0n) is 12.0. The monoisotopic (exact) mass is 292 g/mol. The van der Waals surface area contributed by atoms with Crippen LogP contribution in [0.15, 0.2) is 72.8 Å². The van der Waals surface area contributed by atoms with E-state index in [-0.39, 0.29) is 23.8 Å². The van der Waals surface area contributed by atoms with Crippen molar-refractivity contribution in [1.29, 1.82) is 0 Å². The first-order valence-corrected chi connectivity index (χ1v) is 7.26. The Kier molecular flexibility index (Phi) is 4.15. The van der Waals surface area contributed by atoms with E-state index in [4.69, 9.17) is 4.74 Å². The summed E-state index contributed by atoms with van der Waals surface area (Å²) in [5, 5.41) is 0. The third-order valence-corrected chi connectivity index (χ3v) is 3.80. The average Bonchev–Trinajstić information content (AvgIpc) is 3.00. The number of hydrogen-bond donors (Lipinski definition) is 0. The quantitative estimate of drug-likeness (QED) is 0.625. The van der Waals surface area contributed by atoms with Crippen LogP contribution in [0, 0.1) is 0 Å². The Morgan fingerprint density at radius 2 is 1.64 bits per heavy atom. The predicted molar refractivity (Wildman–Crippen MR) is 83.6 cm³/mol. The van der Waals surface area contributed by atoms with Crippen LogP contribution in [0.3, 0.4) is 0 Å². The number of hydrogen-bond acceptors (Lipinski definition) is 3. The van der Waals surface area contributed by atoms with Crippen molar-refractivity contribution in [1.82, 2.24) is 0 Å². The molecule has 0 aromatic heterocycles. The van der Waals surface area contributed by atoms with E-state index in [9.17, 15) is 9.59 Å². The first-order valence-electron chi connectivity index (χ1n) is 7.26. The molecule has 1 aliphatic heterocycles. The number of benzene rings is 2. The van der Waals surface area contributed by atoms with Crippen LogP contribution in [-0.4, -0.2) is 17.9 Å². The number of carbonyl (C=O) groups is 2. The van der Waals surface area contributed by atoms with Gasteiger partial charge in [0.1, 0.15) is 6.10 Å². The van der Waals surface area contributed by atoms with Crippen molar-refractivity contribution in [3.05, 3.63) is 83.9 Å². The Morgan fingerprint density at radius 3 is 2.23 bits per heavy atom. The van der Waals surface area contributed by atoms with Gasteiger partial charge in [-0.3, -0.25) is 4.79 Å². The van der Waals surface area contributed by atoms with Gasteiger partial charge in [-0.25, -0.2) is 4.79 Å². The van der Waals surface area contributed by atoms with Gasteiger partial charge in [0.2, 0.25) is 0 Å². The normalized spacial score (nSPS) is 18.0. The van der Waals surface area contributed by atoms with Crippen molar-refractivity contribution in [2.24, 2.45) is 0 Å². The molecular formula is C19H16O3. The van der Waals surface area contributed by atoms with E-state index in [0.29, 0.717) is 12.0 Å². The smallest absolute Gasteiger partial charge is 0.331 e. The van der Waals surface area contributed by atoms with Crippen LogP contribution < -0.4 is 0 Å². The molecule has 0 amide bonds. The molecule has 0 spiro atoms. The SMILES string of the molecule is O=C1C=C[C@@H]([C@@H](CC(=O)c2ccccc2)c2ccccc2)O1. The Morgan fingerprint density at radius 1 is 1.00 bits per heavy atom. The Hall–Kier alpha value is -2.68. The average molecular weight is 292 g/mol. The van der Waals surface area contributed by atoms with Crippen LogP contribution in [-0.2, 0) is 9.53 Å². The highest BCUT2D eigenvalue weighted by molar-refractivity contribution is 5.96. The Balaban J connectivity index is 1.85. The van der Waals surface area contributed by atoms with E-state index in [2.05, 4.69) is 0 Å². The van der Waals surface area contributed by atoms with Gasteiger partial charge in [0, 0.05) is 24.0 Å². The van der Waals surface area contributed by atoms with Gasteiger partial charge in [-0.05, 0) is 11.6 Å². The number of esters is 1. The topological polar surface area (TPSA) is 43.4 Å². The maximum atomic E-state index is 12.5. The first kappa shape index (κ1) is 14.3. The summed E-state index contributed by atoms with van der Waals surface area (Å²) in [4.78, 5) is 23.9. The van der Waals surface area contributed by atoms with Crippen LogP contribution in [0.2, 0.25) is 0 Å². The second-order valence-electron chi connectivity index (χ2n) is 5.27. The van der Waals surface area contributed by atoms with Gasteiger partial charge in [0.25, 0.3) is 0 Å². The van der Waals surface area contributed by atoms with Gasteiger partial charge < -0.3 is 4.74 Å². The Labute approximate surface area is 129 Å². The van der Waals surface area contributed by atoms with Gasteiger partial charge >= 0.3 is 5.97 Å². The minimum atomic E-state index is -0.387. The fourth-order valence-electron chi connectivity index (χ4n) is 2.67. The van der Waals surface area contributed by atoms with Gasteiger partial charge in [0.05, 0.1) is 0 Å². The summed E-state index contributed by atoms with van der Waals surface area (Å²) in [6, 6.07) is 18.9. The second kappa shape index (κ2) is 6.39. The number of cyclic esters (lactones) is 1. The van der Waals surface area contributed by atoms with E-state index in [1.54, 1.807) is 18.2 Å². The largest absolute Gasteiger partial charge is 0.454 e. The Bertz CT molecular complexity index is 689. The molecule has 0 saturated carbocycles. The van der Waals surface area contributed by atoms with Gasteiger partial charge in [-0.15, -0.1) is 0 Å². The van der Waals surface area contributed by atoms with E-state index in [1.165, 1.54) is 6.08 Å². The fourth-order valence-corrected chi connectivity index (χ4v) is 2.67. The molecule has 0 radical (unpaired) electrons. The summed E-state index contributed by atoms with van der Waals surface area (Å²) in [6.07, 6.45) is 3.07. The molecule has 0 fully saturated rings. The predicted octanol–water partition coefficient (Wildman–Crippen LogP) is 3.52. The molecule has 3 heteroatoms. The van der Waals surface area contributed by atoms with Gasteiger partial charge in [0.15, 0.2) is 5.78 Å². The summed E-state index contributed by atoms with van der Waals surface area (Å²) < 4.78 is 5.31. The number of ketones is 1. The number of carbonyl (C=O) groups excluding carboxylic acids is 2. The summed E-state index contributed by atoms with van der Waals surface area (Å²) in [7, 11) is 0. The van der Waals surface area contributed by atoms with E-state index in [0.717, 1.165) is 5.56 Å². The zero-order valence-corrected chi connectivity index (χ0v) is 12.0. The molecule has 2 atom stereocenters. The summed E-state index contributed by atoms with van der Waals surface area (Å²) in [5.74, 6) is -0.472. The van der Waals surface area contributed by atoms with Crippen LogP contribution >= 0.6 is 0 Å². The molecule has 1 heterocycles. The lowest BCUT2D eigenvalue weighted by Gasteiger charge is -2.21. The molecule has 3 rings (SSSR count). The highest BCUT2D eigenvalue weighted by atomic mass is 16.5. The van der Waals surface area contributed by atoms with Gasteiger partial charge in [-0.1, -0.05) is 60.7 Å².